The fourth-order valence-electron chi connectivity index (χ4n) is 7.31. The van der Waals surface area contributed by atoms with E-state index in [4.69, 9.17) is 21.1 Å². The van der Waals surface area contributed by atoms with E-state index >= 15 is 0 Å². The number of imide groups is 2. The van der Waals surface area contributed by atoms with Gasteiger partial charge in [0.25, 0.3) is 11.8 Å². The van der Waals surface area contributed by atoms with Crippen molar-refractivity contribution in [3.8, 4) is 11.5 Å². The molecule has 4 aromatic rings. The highest BCUT2D eigenvalue weighted by Crippen LogP contribution is 2.50. The van der Waals surface area contributed by atoms with E-state index in [0.29, 0.717) is 41.0 Å². The van der Waals surface area contributed by atoms with Crippen LogP contribution in [0.4, 0.5) is 16.2 Å². The molecule has 1 saturated heterocycles. The number of anilines is 2. The van der Waals surface area contributed by atoms with Gasteiger partial charge in [-0.1, -0.05) is 79.2 Å². The van der Waals surface area contributed by atoms with Crippen molar-refractivity contribution in [1.29, 1.82) is 0 Å². The molecule has 7 rings (SSSR count). The molecule has 250 valence electrons. The van der Waals surface area contributed by atoms with Crippen LogP contribution in [0.15, 0.2) is 90.5 Å². The molecule has 0 bridgehead atoms. The summed E-state index contributed by atoms with van der Waals surface area (Å²) in [6, 6.07) is 27.2. The van der Waals surface area contributed by atoms with Gasteiger partial charge in [0.2, 0.25) is 0 Å². The van der Waals surface area contributed by atoms with Crippen molar-refractivity contribution in [2.75, 3.05) is 36.1 Å². The molecular weight excluding hydrogens is 638 g/mol. The topological polar surface area (TPSA) is 88.2 Å². The first kappa shape index (κ1) is 32.5. The molecule has 0 saturated carbocycles. The number of rotatable bonds is 9. The van der Waals surface area contributed by atoms with Gasteiger partial charge in [-0.3, -0.25) is 14.9 Å². The first-order valence-corrected chi connectivity index (χ1v) is 17.3. The van der Waals surface area contributed by atoms with E-state index in [-0.39, 0.29) is 17.4 Å². The predicted molar refractivity (Wildman–Crippen MR) is 192 cm³/mol. The highest BCUT2D eigenvalue weighted by molar-refractivity contribution is 6.39. The van der Waals surface area contributed by atoms with Gasteiger partial charge in [-0.15, -0.1) is 0 Å². The third-order valence-corrected chi connectivity index (χ3v) is 9.73. The van der Waals surface area contributed by atoms with Gasteiger partial charge in [-0.2, -0.15) is 0 Å². The molecule has 9 heteroatoms. The van der Waals surface area contributed by atoms with Crippen molar-refractivity contribution in [3.63, 3.8) is 0 Å². The Bertz CT molecular complexity index is 1870. The summed E-state index contributed by atoms with van der Waals surface area (Å²) in [5.41, 5.74) is 6.39. The maximum atomic E-state index is 14.3. The minimum absolute atomic E-state index is 0.0767. The third-order valence-electron chi connectivity index (χ3n) is 9.45. The van der Waals surface area contributed by atoms with Crippen molar-refractivity contribution in [3.05, 3.63) is 123 Å². The SMILES string of the molecule is CCCOc1c(Cl)cc(/C=C2\C(=O)NC(=O)N(c3cc4c5c(c3)[C@H](c3ccccc3)CCN5CC[C@@H]4c3ccccc3)C2=O)cc1OCC. The van der Waals surface area contributed by atoms with Gasteiger partial charge in [-0.05, 0) is 84.3 Å². The minimum Gasteiger partial charge on any atom is -0.490 e. The molecule has 4 amide bonds. The average molecular weight is 676 g/mol. The number of nitrogens with one attached hydrogen (secondary N) is 1. The normalized spacial score (nSPS) is 19.5. The molecule has 2 atom stereocenters. The lowest BCUT2D eigenvalue weighted by Crippen LogP contribution is -2.54. The zero-order chi connectivity index (χ0) is 34.1. The summed E-state index contributed by atoms with van der Waals surface area (Å²) in [6.07, 6.45) is 4.03. The van der Waals surface area contributed by atoms with Crippen LogP contribution in [-0.4, -0.2) is 44.1 Å². The summed E-state index contributed by atoms with van der Waals surface area (Å²) in [5.74, 6) is -0.523. The number of hydrogen-bond donors (Lipinski definition) is 1. The van der Waals surface area contributed by atoms with Crippen molar-refractivity contribution < 1.29 is 23.9 Å². The molecule has 3 heterocycles. The van der Waals surface area contributed by atoms with Gasteiger partial charge >= 0.3 is 6.03 Å². The highest BCUT2D eigenvalue weighted by atomic mass is 35.5. The molecule has 8 nitrogen and oxygen atoms in total. The number of benzene rings is 4. The molecule has 0 aliphatic carbocycles. The molecular formula is C40H38ClN3O5. The van der Waals surface area contributed by atoms with Crippen LogP contribution in [-0.2, 0) is 9.59 Å². The maximum absolute atomic E-state index is 14.3. The van der Waals surface area contributed by atoms with Gasteiger partial charge in [0.05, 0.1) is 23.9 Å². The summed E-state index contributed by atoms with van der Waals surface area (Å²) >= 11 is 6.60. The number of halogens is 1. The van der Waals surface area contributed by atoms with Gasteiger partial charge in [0.1, 0.15) is 5.57 Å². The quantitative estimate of drug-likeness (QED) is 0.143. The molecule has 1 N–H and O–H groups in total. The number of amides is 4. The second-order valence-electron chi connectivity index (χ2n) is 12.5. The Morgan fingerprint density at radius 3 is 2.02 bits per heavy atom. The van der Waals surface area contributed by atoms with Crippen LogP contribution in [0.25, 0.3) is 6.08 Å². The predicted octanol–water partition coefficient (Wildman–Crippen LogP) is 8.07. The Morgan fingerprint density at radius 2 is 1.45 bits per heavy atom. The standard InChI is InChI=1S/C40H38ClN3O5/c1-3-19-49-37-34(41)21-25(22-35(37)48-4-2)20-33-38(45)42-40(47)44(39(33)46)28-23-31-29(26-11-7-5-8-12-26)15-17-43-18-16-30(32(24-28)36(31)43)27-13-9-6-10-14-27/h5-14,20-24,29-30H,3-4,15-19H2,1-2H3,(H,42,45,47)/b33-20+/t29-,30+. The fraction of sp³-hybridized carbons (Fsp3) is 0.275. The number of urea groups is 1. The van der Waals surface area contributed by atoms with Crippen molar-refractivity contribution in [2.24, 2.45) is 0 Å². The maximum Gasteiger partial charge on any atom is 0.335 e. The lowest BCUT2D eigenvalue weighted by molar-refractivity contribution is -0.122. The molecule has 49 heavy (non-hydrogen) atoms. The van der Waals surface area contributed by atoms with Gasteiger partial charge < -0.3 is 14.4 Å². The first-order valence-electron chi connectivity index (χ1n) is 16.9. The Morgan fingerprint density at radius 1 is 0.837 bits per heavy atom. The Hall–Kier alpha value is -5.08. The van der Waals surface area contributed by atoms with Crippen LogP contribution in [0.5, 0.6) is 11.5 Å². The molecule has 0 spiro atoms. The van der Waals surface area contributed by atoms with E-state index in [1.807, 2.05) is 62.4 Å². The largest absolute Gasteiger partial charge is 0.490 e. The second-order valence-corrected chi connectivity index (χ2v) is 12.9. The van der Waals surface area contributed by atoms with Crippen molar-refractivity contribution in [1.82, 2.24) is 5.32 Å². The van der Waals surface area contributed by atoms with Crippen LogP contribution in [0, 0.1) is 0 Å². The molecule has 0 radical (unpaired) electrons. The van der Waals surface area contributed by atoms with Crippen LogP contribution in [0.1, 0.15) is 72.8 Å². The van der Waals surface area contributed by atoms with Crippen molar-refractivity contribution >= 4 is 46.9 Å². The molecule has 0 unspecified atom stereocenters. The summed E-state index contributed by atoms with van der Waals surface area (Å²) in [4.78, 5) is 44.6. The van der Waals surface area contributed by atoms with Crippen LogP contribution in [0.2, 0.25) is 5.02 Å². The fourth-order valence-corrected chi connectivity index (χ4v) is 7.58. The number of hydrogen-bond acceptors (Lipinski definition) is 6. The summed E-state index contributed by atoms with van der Waals surface area (Å²) < 4.78 is 11.6. The zero-order valence-electron chi connectivity index (χ0n) is 27.6. The summed E-state index contributed by atoms with van der Waals surface area (Å²) in [5, 5.41) is 2.70. The molecule has 1 fully saturated rings. The Labute approximate surface area is 291 Å². The lowest BCUT2D eigenvalue weighted by atomic mass is 9.76. The lowest BCUT2D eigenvalue weighted by Gasteiger charge is -2.44. The van der Waals surface area contributed by atoms with Gasteiger partial charge in [0, 0.05) is 30.6 Å². The van der Waals surface area contributed by atoms with Crippen LogP contribution < -0.4 is 24.6 Å². The second kappa shape index (κ2) is 13.8. The van der Waals surface area contributed by atoms with E-state index < -0.39 is 17.8 Å². The smallest absolute Gasteiger partial charge is 0.335 e. The van der Waals surface area contributed by atoms with E-state index in [9.17, 15) is 14.4 Å². The van der Waals surface area contributed by atoms with E-state index in [2.05, 4.69) is 34.5 Å². The summed E-state index contributed by atoms with van der Waals surface area (Å²) in [6.45, 7) is 6.49. The molecule has 3 aliphatic rings. The molecule has 4 aromatic carbocycles. The molecule has 3 aliphatic heterocycles. The number of barbiturate groups is 1. The summed E-state index contributed by atoms with van der Waals surface area (Å²) in [7, 11) is 0. The van der Waals surface area contributed by atoms with E-state index in [0.717, 1.165) is 48.4 Å². The first-order chi connectivity index (χ1) is 23.9. The highest BCUT2D eigenvalue weighted by Gasteiger charge is 2.40. The van der Waals surface area contributed by atoms with E-state index in [1.165, 1.54) is 22.9 Å². The monoisotopic (exact) mass is 675 g/mol. The number of carbonyl (C=O) groups excluding carboxylic acids is 3. The Balaban J connectivity index is 1.34. The van der Waals surface area contributed by atoms with Gasteiger partial charge in [0.15, 0.2) is 11.5 Å². The zero-order valence-corrected chi connectivity index (χ0v) is 28.3. The van der Waals surface area contributed by atoms with Crippen molar-refractivity contribution in [2.45, 2.75) is 44.9 Å². The third kappa shape index (κ3) is 6.17. The number of ether oxygens (including phenoxy) is 2. The van der Waals surface area contributed by atoms with E-state index in [1.54, 1.807) is 12.1 Å². The Kier molecular flexibility index (Phi) is 9.15. The number of nitrogens with zero attached hydrogens (tertiary/aromatic N) is 2. The van der Waals surface area contributed by atoms with Crippen LogP contribution in [0.3, 0.4) is 0 Å². The average Bonchev–Trinajstić information content (AvgIpc) is 3.11. The van der Waals surface area contributed by atoms with Crippen LogP contribution >= 0.6 is 11.6 Å². The van der Waals surface area contributed by atoms with Gasteiger partial charge in [-0.25, -0.2) is 9.69 Å². The number of carbonyl (C=O) groups is 3. The molecule has 0 aromatic heterocycles. The minimum atomic E-state index is -0.786.